The van der Waals surface area contributed by atoms with E-state index >= 15 is 0 Å². The van der Waals surface area contributed by atoms with Crippen LogP contribution in [0, 0.1) is 12.8 Å². The number of amides is 2. The number of rotatable bonds is 3. The van der Waals surface area contributed by atoms with E-state index < -0.39 is 5.97 Å². The van der Waals surface area contributed by atoms with Crippen LogP contribution in [-0.2, 0) is 4.79 Å². The zero-order chi connectivity index (χ0) is 13.8. The second-order valence-electron chi connectivity index (χ2n) is 4.88. The molecule has 0 radical (unpaired) electrons. The van der Waals surface area contributed by atoms with Crippen molar-refractivity contribution in [3.05, 3.63) is 24.0 Å². The standard InChI is InChI=1S/C13H17N3O3/c1-9-4-11(7-14-6-9)15-13(19)16-3-2-10(8-16)5-12(17)18/h4,6-7,10H,2-3,5,8H2,1H3,(H,15,19)(H,17,18). The van der Waals surface area contributed by atoms with E-state index in [1.807, 2.05) is 13.0 Å². The van der Waals surface area contributed by atoms with Gasteiger partial charge in [0.1, 0.15) is 0 Å². The zero-order valence-corrected chi connectivity index (χ0v) is 10.8. The van der Waals surface area contributed by atoms with Crippen molar-refractivity contribution in [2.24, 2.45) is 5.92 Å². The van der Waals surface area contributed by atoms with Crippen LogP contribution in [0.5, 0.6) is 0 Å². The average molecular weight is 263 g/mol. The number of anilines is 1. The first-order valence-corrected chi connectivity index (χ1v) is 6.24. The lowest BCUT2D eigenvalue weighted by Crippen LogP contribution is -2.33. The van der Waals surface area contributed by atoms with E-state index in [4.69, 9.17) is 5.11 Å². The number of aromatic nitrogens is 1. The average Bonchev–Trinajstić information content (AvgIpc) is 2.76. The summed E-state index contributed by atoms with van der Waals surface area (Å²) in [5.74, 6) is -0.756. The molecule has 1 aromatic rings. The molecule has 1 aliphatic heterocycles. The fourth-order valence-corrected chi connectivity index (χ4v) is 2.26. The van der Waals surface area contributed by atoms with Crippen molar-refractivity contribution in [1.29, 1.82) is 0 Å². The summed E-state index contributed by atoms with van der Waals surface area (Å²) in [7, 11) is 0. The summed E-state index contributed by atoms with van der Waals surface area (Å²) in [6.45, 7) is 3.00. The Kier molecular flexibility index (Phi) is 3.99. The third kappa shape index (κ3) is 3.67. The lowest BCUT2D eigenvalue weighted by molar-refractivity contribution is -0.138. The number of likely N-dealkylation sites (tertiary alicyclic amines) is 1. The van der Waals surface area contributed by atoms with Gasteiger partial charge < -0.3 is 15.3 Å². The van der Waals surface area contributed by atoms with Crippen LogP contribution in [0.25, 0.3) is 0 Å². The molecule has 1 unspecified atom stereocenters. The normalized spacial score (nSPS) is 18.4. The third-order valence-corrected chi connectivity index (χ3v) is 3.16. The Balaban J connectivity index is 1.89. The smallest absolute Gasteiger partial charge is 0.321 e. The lowest BCUT2D eigenvalue weighted by atomic mass is 10.1. The van der Waals surface area contributed by atoms with Gasteiger partial charge in [-0.15, -0.1) is 0 Å². The molecular formula is C13H17N3O3. The molecule has 2 amide bonds. The first kappa shape index (κ1) is 13.3. The van der Waals surface area contributed by atoms with Gasteiger partial charge >= 0.3 is 12.0 Å². The van der Waals surface area contributed by atoms with Gasteiger partial charge in [0.05, 0.1) is 11.9 Å². The number of hydrogen-bond donors (Lipinski definition) is 2. The molecule has 0 saturated carbocycles. The maximum absolute atomic E-state index is 12.0. The van der Waals surface area contributed by atoms with Crippen LogP contribution in [0.2, 0.25) is 0 Å². The fraction of sp³-hybridized carbons (Fsp3) is 0.462. The van der Waals surface area contributed by atoms with E-state index in [9.17, 15) is 9.59 Å². The molecule has 0 spiro atoms. The van der Waals surface area contributed by atoms with E-state index in [1.54, 1.807) is 17.3 Å². The Morgan fingerprint density at radius 3 is 3.00 bits per heavy atom. The highest BCUT2D eigenvalue weighted by molar-refractivity contribution is 5.89. The SMILES string of the molecule is Cc1cncc(NC(=O)N2CCC(CC(=O)O)C2)c1. The van der Waals surface area contributed by atoms with Gasteiger partial charge in [-0.1, -0.05) is 0 Å². The molecule has 2 rings (SSSR count). The van der Waals surface area contributed by atoms with Gasteiger partial charge in [-0.3, -0.25) is 9.78 Å². The molecule has 0 aromatic carbocycles. The Hall–Kier alpha value is -2.11. The van der Waals surface area contributed by atoms with Gasteiger partial charge in [0.25, 0.3) is 0 Å². The topological polar surface area (TPSA) is 82.5 Å². The van der Waals surface area contributed by atoms with Crippen LogP contribution in [0.3, 0.4) is 0 Å². The second kappa shape index (κ2) is 5.69. The summed E-state index contributed by atoms with van der Waals surface area (Å²) in [5, 5.41) is 11.5. The number of aliphatic carboxylic acids is 1. The first-order valence-electron chi connectivity index (χ1n) is 6.24. The number of carbonyl (C=O) groups excluding carboxylic acids is 1. The molecule has 102 valence electrons. The molecule has 6 heteroatoms. The van der Waals surface area contributed by atoms with Gasteiger partial charge in [0, 0.05) is 25.7 Å². The zero-order valence-electron chi connectivity index (χ0n) is 10.8. The van der Waals surface area contributed by atoms with Crippen molar-refractivity contribution in [3.8, 4) is 0 Å². The molecular weight excluding hydrogens is 246 g/mol. The second-order valence-corrected chi connectivity index (χ2v) is 4.88. The monoisotopic (exact) mass is 263 g/mol. The predicted octanol–water partition coefficient (Wildman–Crippen LogP) is 1.72. The number of carbonyl (C=O) groups is 2. The van der Waals surface area contributed by atoms with Crippen molar-refractivity contribution in [2.45, 2.75) is 19.8 Å². The third-order valence-electron chi connectivity index (χ3n) is 3.16. The van der Waals surface area contributed by atoms with Crippen molar-refractivity contribution in [2.75, 3.05) is 18.4 Å². The maximum atomic E-state index is 12.0. The summed E-state index contributed by atoms with van der Waals surface area (Å²) < 4.78 is 0. The van der Waals surface area contributed by atoms with Crippen LogP contribution in [0.1, 0.15) is 18.4 Å². The van der Waals surface area contributed by atoms with Crippen molar-refractivity contribution in [1.82, 2.24) is 9.88 Å². The van der Waals surface area contributed by atoms with Gasteiger partial charge in [0.2, 0.25) is 0 Å². The Bertz CT molecular complexity index is 490. The van der Waals surface area contributed by atoms with Gasteiger partial charge in [0.15, 0.2) is 0 Å². The molecule has 19 heavy (non-hydrogen) atoms. The fourth-order valence-electron chi connectivity index (χ4n) is 2.26. The summed E-state index contributed by atoms with van der Waals surface area (Å²) in [6, 6.07) is 1.65. The van der Waals surface area contributed by atoms with Gasteiger partial charge in [-0.2, -0.15) is 0 Å². The van der Waals surface area contributed by atoms with E-state index in [-0.39, 0.29) is 18.4 Å². The molecule has 2 N–H and O–H groups in total. The van der Waals surface area contributed by atoms with E-state index in [0.717, 1.165) is 12.0 Å². The molecule has 6 nitrogen and oxygen atoms in total. The minimum Gasteiger partial charge on any atom is -0.481 e. The molecule has 1 fully saturated rings. The minimum atomic E-state index is -0.810. The number of urea groups is 1. The van der Waals surface area contributed by atoms with Gasteiger partial charge in [-0.25, -0.2) is 4.79 Å². The molecule has 1 aliphatic rings. The van der Waals surface area contributed by atoms with Crippen LogP contribution in [0.15, 0.2) is 18.5 Å². The maximum Gasteiger partial charge on any atom is 0.321 e. The molecule has 2 heterocycles. The van der Waals surface area contributed by atoms with E-state index in [2.05, 4.69) is 10.3 Å². The molecule has 1 saturated heterocycles. The summed E-state index contributed by atoms with van der Waals surface area (Å²) >= 11 is 0. The van der Waals surface area contributed by atoms with Crippen molar-refractivity contribution in [3.63, 3.8) is 0 Å². The Morgan fingerprint density at radius 2 is 2.32 bits per heavy atom. The van der Waals surface area contributed by atoms with Crippen molar-refractivity contribution < 1.29 is 14.7 Å². The lowest BCUT2D eigenvalue weighted by Gasteiger charge is -2.17. The van der Waals surface area contributed by atoms with E-state index in [0.29, 0.717) is 18.8 Å². The Labute approximate surface area is 111 Å². The number of carboxylic acids is 1. The highest BCUT2D eigenvalue weighted by atomic mass is 16.4. The highest BCUT2D eigenvalue weighted by Gasteiger charge is 2.27. The van der Waals surface area contributed by atoms with Gasteiger partial charge in [-0.05, 0) is 30.9 Å². The van der Waals surface area contributed by atoms with Crippen molar-refractivity contribution >= 4 is 17.7 Å². The predicted molar refractivity (Wildman–Crippen MR) is 69.9 cm³/mol. The molecule has 0 bridgehead atoms. The highest BCUT2D eigenvalue weighted by Crippen LogP contribution is 2.20. The van der Waals surface area contributed by atoms with E-state index in [1.165, 1.54) is 0 Å². The largest absolute Gasteiger partial charge is 0.481 e. The number of nitrogens with zero attached hydrogens (tertiary/aromatic N) is 2. The van der Waals surface area contributed by atoms with Crippen LogP contribution in [0.4, 0.5) is 10.5 Å². The molecule has 1 atom stereocenters. The number of nitrogens with one attached hydrogen (secondary N) is 1. The molecule has 0 aliphatic carbocycles. The number of hydrogen-bond acceptors (Lipinski definition) is 3. The molecule has 1 aromatic heterocycles. The first-order chi connectivity index (χ1) is 9.04. The van der Waals surface area contributed by atoms with Crippen LogP contribution in [-0.4, -0.2) is 40.1 Å². The number of carboxylic acid groups (broad SMARTS) is 1. The summed E-state index contributed by atoms with van der Waals surface area (Å²) in [5.41, 5.74) is 1.63. The summed E-state index contributed by atoms with van der Waals surface area (Å²) in [4.78, 5) is 28.3. The number of pyridine rings is 1. The quantitative estimate of drug-likeness (QED) is 0.869. The van der Waals surface area contributed by atoms with Crippen LogP contribution >= 0.6 is 0 Å². The minimum absolute atomic E-state index is 0.0545. The Morgan fingerprint density at radius 1 is 1.53 bits per heavy atom. The number of aryl methyl sites for hydroxylation is 1. The van der Waals surface area contributed by atoms with Crippen LogP contribution < -0.4 is 5.32 Å². The summed E-state index contributed by atoms with van der Waals surface area (Å²) in [6.07, 6.45) is 4.17.